The molecule has 6 rings (SSSR count). The first kappa shape index (κ1) is 25.5. The van der Waals surface area contributed by atoms with Gasteiger partial charge in [-0.1, -0.05) is 26.8 Å². The van der Waals surface area contributed by atoms with Crippen LogP contribution in [0.15, 0.2) is 23.0 Å². The summed E-state index contributed by atoms with van der Waals surface area (Å²) >= 11 is 0. The molecule has 2 aromatic rings. The summed E-state index contributed by atoms with van der Waals surface area (Å²) in [4.78, 5) is 19.8. The van der Waals surface area contributed by atoms with E-state index in [0.717, 1.165) is 32.1 Å². The average Bonchev–Trinajstić information content (AvgIpc) is 3.21. The molecule has 0 aliphatic heterocycles. The Kier molecular flexibility index (Phi) is 6.30. The third-order valence-electron chi connectivity index (χ3n) is 12.0. The van der Waals surface area contributed by atoms with Crippen molar-refractivity contribution in [2.45, 2.75) is 97.2 Å². The lowest BCUT2D eigenvalue weighted by atomic mass is 9.43. The van der Waals surface area contributed by atoms with Crippen LogP contribution >= 0.6 is 0 Å². The van der Waals surface area contributed by atoms with Crippen molar-refractivity contribution in [3.8, 4) is 0 Å². The van der Waals surface area contributed by atoms with Gasteiger partial charge in [0, 0.05) is 6.42 Å². The molecule has 202 valence electrons. The van der Waals surface area contributed by atoms with Gasteiger partial charge in [-0.15, -0.1) is 0 Å². The van der Waals surface area contributed by atoms with E-state index in [-0.39, 0.29) is 34.1 Å². The number of hydrogen-bond donors (Lipinski definition) is 3. The summed E-state index contributed by atoms with van der Waals surface area (Å²) < 4.78 is 14.3. The molecule has 0 spiro atoms. The number of nitrogens with one attached hydrogen (secondary N) is 1. The number of aromatic amines is 1. The maximum absolute atomic E-state index is 14.3. The van der Waals surface area contributed by atoms with Crippen LogP contribution < -0.4 is 5.56 Å². The monoisotopic (exact) mass is 510 g/mol. The molecule has 6 heteroatoms. The molecule has 1 unspecified atom stereocenters. The first-order valence-corrected chi connectivity index (χ1v) is 14.7. The second-order valence-electron chi connectivity index (χ2n) is 13.6. The van der Waals surface area contributed by atoms with Crippen LogP contribution in [0, 0.1) is 52.2 Å². The maximum Gasteiger partial charge on any atom is 0.258 e. The van der Waals surface area contributed by atoms with Gasteiger partial charge in [-0.25, -0.2) is 9.37 Å². The van der Waals surface area contributed by atoms with Crippen molar-refractivity contribution in [2.24, 2.45) is 46.3 Å². The Morgan fingerprint density at radius 3 is 2.65 bits per heavy atom. The van der Waals surface area contributed by atoms with E-state index in [0.29, 0.717) is 53.1 Å². The number of hydrogen-bond acceptors (Lipinski definition) is 4. The van der Waals surface area contributed by atoms with Crippen molar-refractivity contribution in [1.82, 2.24) is 9.97 Å². The molecule has 1 aromatic heterocycles. The second kappa shape index (κ2) is 9.15. The maximum atomic E-state index is 14.3. The van der Waals surface area contributed by atoms with Crippen molar-refractivity contribution >= 4 is 10.9 Å². The molecule has 10 atom stereocenters. The summed E-state index contributed by atoms with van der Waals surface area (Å²) in [5.74, 6) is 3.07. The van der Waals surface area contributed by atoms with Gasteiger partial charge >= 0.3 is 0 Å². The zero-order valence-electron chi connectivity index (χ0n) is 22.5. The van der Waals surface area contributed by atoms with Gasteiger partial charge in [-0.2, -0.15) is 0 Å². The van der Waals surface area contributed by atoms with E-state index in [2.05, 4.69) is 30.7 Å². The standard InChI is InChI=1S/C31H43FN2O3/c1-17(7-10-26-33-28-20(29(37)34-26)5-4-6-24(28)32)21-8-9-22-27-23(12-14-31(21,22)3)30(2)13-11-19(35)15-18(30)16-25(27)36/h4-6,17-19,21-23,25,27,35-36H,7-16H2,1-3H3,(H,33,34,37)/t17-,18+,19-,21-,22+,23?,25-,27+,30+,31-/m1/s1. The molecule has 4 aliphatic rings. The third-order valence-corrected chi connectivity index (χ3v) is 12.0. The Morgan fingerprint density at radius 2 is 1.84 bits per heavy atom. The summed E-state index contributed by atoms with van der Waals surface area (Å²) in [7, 11) is 0. The van der Waals surface area contributed by atoms with Gasteiger partial charge in [-0.05, 0) is 116 Å². The van der Waals surface area contributed by atoms with E-state index >= 15 is 0 Å². The highest BCUT2D eigenvalue weighted by molar-refractivity contribution is 5.77. The molecule has 4 saturated carbocycles. The SMILES string of the molecule is C[C@H](CCc1nc2c(F)cccc2c(=O)[nH]1)[C@H]1CC[C@H]2[C@H]3C(CC[C@]12C)[C@@]1(C)CC[C@@H](O)C[C@H]1C[C@H]3O. The number of benzene rings is 1. The van der Waals surface area contributed by atoms with Crippen LogP contribution in [-0.2, 0) is 6.42 Å². The van der Waals surface area contributed by atoms with Gasteiger partial charge < -0.3 is 15.2 Å². The Bertz CT molecular complexity index is 1230. The lowest BCUT2D eigenvalue weighted by Crippen LogP contribution is -2.58. The van der Waals surface area contributed by atoms with Crippen LogP contribution in [0.4, 0.5) is 4.39 Å². The molecule has 0 bridgehead atoms. The van der Waals surface area contributed by atoms with Gasteiger partial charge in [0.05, 0.1) is 17.6 Å². The number of aryl methyl sites for hydroxylation is 1. The minimum atomic E-state index is -0.449. The Balaban J connectivity index is 1.19. The van der Waals surface area contributed by atoms with Crippen molar-refractivity contribution in [3.63, 3.8) is 0 Å². The molecule has 37 heavy (non-hydrogen) atoms. The van der Waals surface area contributed by atoms with Crippen molar-refractivity contribution in [3.05, 3.63) is 40.2 Å². The van der Waals surface area contributed by atoms with Gasteiger partial charge in [0.25, 0.3) is 5.56 Å². The van der Waals surface area contributed by atoms with Crippen LogP contribution in [0.3, 0.4) is 0 Å². The summed E-state index contributed by atoms with van der Waals surface area (Å²) in [6.07, 6.45) is 9.55. The first-order chi connectivity index (χ1) is 17.6. The molecular weight excluding hydrogens is 467 g/mol. The van der Waals surface area contributed by atoms with E-state index in [1.54, 1.807) is 12.1 Å². The van der Waals surface area contributed by atoms with Crippen LogP contribution in [-0.4, -0.2) is 32.4 Å². The minimum Gasteiger partial charge on any atom is -0.393 e. The fraction of sp³-hybridized carbons (Fsp3) is 0.742. The number of rotatable bonds is 4. The van der Waals surface area contributed by atoms with E-state index in [4.69, 9.17) is 0 Å². The smallest absolute Gasteiger partial charge is 0.258 e. The van der Waals surface area contributed by atoms with Crippen molar-refractivity contribution < 1.29 is 14.6 Å². The van der Waals surface area contributed by atoms with Gasteiger partial charge in [0.2, 0.25) is 0 Å². The van der Waals surface area contributed by atoms with E-state index < -0.39 is 5.82 Å². The summed E-state index contributed by atoms with van der Waals surface area (Å²) in [5.41, 5.74) is 0.354. The molecule has 4 fully saturated rings. The van der Waals surface area contributed by atoms with Gasteiger partial charge in [-0.3, -0.25) is 4.79 Å². The third kappa shape index (κ3) is 4.00. The van der Waals surface area contributed by atoms with Crippen LogP contribution in [0.25, 0.3) is 10.9 Å². The highest BCUT2D eigenvalue weighted by Crippen LogP contribution is 2.68. The molecular formula is C31H43FN2O3. The lowest BCUT2D eigenvalue weighted by Gasteiger charge is -2.62. The topological polar surface area (TPSA) is 86.2 Å². The number of fused-ring (bicyclic) bond motifs is 6. The molecule has 3 N–H and O–H groups in total. The number of aliphatic hydroxyl groups is 2. The van der Waals surface area contributed by atoms with Crippen molar-refractivity contribution in [1.29, 1.82) is 0 Å². The second-order valence-corrected chi connectivity index (χ2v) is 13.6. The number of halogens is 1. The largest absolute Gasteiger partial charge is 0.393 e. The molecule has 0 saturated heterocycles. The van der Waals surface area contributed by atoms with Gasteiger partial charge in [0.15, 0.2) is 0 Å². The Morgan fingerprint density at radius 1 is 1.08 bits per heavy atom. The predicted molar refractivity (Wildman–Crippen MR) is 142 cm³/mol. The molecule has 0 amide bonds. The zero-order chi connectivity index (χ0) is 26.1. The molecule has 4 aliphatic carbocycles. The average molecular weight is 511 g/mol. The summed E-state index contributed by atoms with van der Waals surface area (Å²) in [5, 5.41) is 22.1. The van der Waals surface area contributed by atoms with Gasteiger partial charge in [0.1, 0.15) is 17.2 Å². The number of para-hydroxylation sites is 1. The molecule has 1 heterocycles. The van der Waals surface area contributed by atoms with E-state index in [9.17, 15) is 19.4 Å². The number of aliphatic hydroxyl groups excluding tert-OH is 2. The lowest BCUT2D eigenvalue weighted by molar-refractivity contribution is -0.174. The van der Waals surface area contributed by atoms with E-state index in [1.807, 2.05) is 0 Å². The molecule has 1 aromatic carbocycles. The van der Waals surface area contributed by atoms with Crippen molar-refractivity contribution in [2.75, 3.05) is 0 Å². The fourth-order valence-electron chi connectivity index (χ4n) is 10.0. The summed E-state index contributed by atoms with van der Waals surface area (Å²) in [6.45, 7) is 7.28. The predicted octanol–water partition coefficient (Wildman–Crippen LogP) is 5.62. The number of H-pyrrole nitrogens is 1. The Hall–Kier alpha value is -1.79. The van der Waals surface area contributed by atoms with Crippen LogP contribution in [0.2, 0.25) is 0 Å². The zero-order valence-corrected chi connectivity index (χ0v) is 22.5. The quantitative estimate of drug-likeness (QED) is 0.498. The minimum absolute atomic E-state index is 0.161. The Labute approximate surface area is 219 Å². The number of nitrogens with zero attached hydrogens (tertiary/aromatic N) is 1. The highest BCUT2D eigenvalue weighted by atomic mass is 19.1. The first-order valence-electron chi connectivity index (χ1n) is 14.7. The van der Waals surface area contributed by atoms with Crippen LogP contribution in [0.5, 0.6) is 0 Å². The van der Waals surface area contributed by atoms with Crippen LogP contribution in [0.1, 0.15) is 84.4 Å². The summed E-state index contributed by atoms with van der Waals surface area (Å²) in [6, 6.07) is 4.52. The molecule has 5 nitrogen and oxygen atoms in total. The normalized spacial score (nSPS) is 42.2. The molecule has 0 radical (unpaired) electrons. The number of aromatic nitrogens is 2. The fourth-order valence-corrected chi connectivity index (χ4v) is 10.0. The highest BCUT2D eigenvalue weighted by Gasteiger charge is 2.62. The van der Waals surface area contributed by atoms with E-state index in [1.165, 1.54) is 31.7 Å².